The average Bonchev–Trinajstić information content (AvgIpc) is 2.71. The molecule has 1 aromatic carbocycles. The highest BCUT2D eigenvalue weighted by molar-refractivity contribution is 7.88. The molecule has 8 nitrogen and oxygen atoms in total. The number of fused-ring (bicyclic) bond motifs is 5. The summed E-state index contributed by atoms with van der Waals surface area (Å²) in [5.41, 5.74) is 0.949. The van der Waals surface area contributed by atoms with Crippen LogP contribution >= 0.6 is 0 Å². The molecule has 29 heavy (non-hydrogen) atoms. The molecule has 2 fully saturated rings. The summed E-state index contributed by atoms with van der Waals surface area (Å²) < 4.78 is 44.4. The van der Waals surface area contributed by atoms with Crippen molar-refractivity contribution >= 4 is 15.9 Å². The van der Waals surface area contributed by atoms with Crippen molar-refractivity contribution in [1.82, 2.24) is 9.62 Å². The van der Waals surface area contributed by atoms with E-state index < -0.39 is 10.0 Å². The quantitative estimate of drug-likeness (QED) is 0.767. The lowest BCUT2D eigenvalue weighted by Gasteiger charge is -2.41. The van der Waals surface area contributed by atoms with Gasteiger partial charge in [-0.15, -0.1) is 0 Å². The van der Waals surface area contributed by atoms with Crippen LogP contribution in [0.25, 0.3) is 0 Å². The summed E-state index contributed by atoms with van der Waals surface area (Å²) in [5, 5.41) is 0. The summed E-state index contributed by atoms with van der Waals surface area (Å²) in [6.45, 7) is 1.19. The van der Waals surface area contributed by atoms with Gasteiger partial charge in [-0.3, -0.25) is 4.79 Å². The Hall–Kier alpha value is -1.68. The number of hydrogen-bond donors (Lipinski definition) is 1. The highest BCUT2D eigenvalue weighted by Crippen LogP contribution is 2.35. The molecule has 160 valence electrons. The third-order valence-electron chi connectivity index (χ3n) is 5.82. The summed E-state index contributed by atoms with van der Waals surface area (Å²) in [6, 6.07) is 6.90. The Morgan fingerprint density at radius 2 is 1.93 bits per heavy atom. The number of benzene rings is 1. The molecule has 4 aliphatic heterocycles. The first-order valence-electron chi connectivity index (χ1n) is 10.1. The zero-order valence-electron chi connectivity index (χ0n) is 16.6. The minimum Gasteiger partial charge on any atom is -0.483 e. The van der Waals surface area contributed by atoms with E-state index in [0.717, 1.165) is 31.1 Å². The largest absolute Gasteiger partial charge is 0.483 e. The second-order valence-electron chi connectivity index (χ2n) is 7.97. The Kier molecular flexibility index (Phi) is 6.10. The number of rotatable bonds is 2. The minimum atomic E-state index is -3.40. The van der Waals surface area contributed by atoms with Gasteiger partial charge in [-0.05, 0) is 31.7 Å². The van der Waals surface area contributed by atoms with E-state index in [1.807, 2.05) is 24.3 Å². The first-order chi connectivity index (χ1) is 13.9. The summed E-state index contributed by atoms with van der Waals surface area (Å²) in [7, 11) is -3.40. The molecule has 4 atom stereocenters. The van der Waals surface area contributed by atoms with E-state index in [-0.39, 0.29) is 43.4 Å². The summed E-state index contributed by atoms with van der Waals surface area (Å²) >= 11 is 0. The van der Waals surface area contributed by atoms with E-state index >= 15 is 0 Å². The monoisotopic (exact) mass is 424 g/mol. The Labute approximate surface area is 171 Å². The molecule has 5 rings (SSSR count). The van der Waals surface area contributed by atoms with Gasteiger partial charge in [-0.2, -0.15) is 0 Å². The van der Waals surface area contributed by atoms with Gasteiger partial charge in [-0.25, -0.2) is 13.1 Å². The van der Waals surface area contributed by atoms with Crippen LogP contribution in [-0.4, -0.2) is 70.0 Å². The molecule has 2 saturated heterocycles. The fourth-order valence-electron chi connectivity index (χ4n) is 4.42. The smallest absolute Gasteiger partial charge is 0.260 e. The van der Waals surface area contributed by atoms with Crippen molar-refractivity contribution in [3.8, 4) is 5.75 Å². The highest BCUT2D eigenvalue weighted by Gasteiger charge is 2.37. The minimum absolute atomic E-state index is 0.0714. The van der Waals surface area contributed by atoms with E-state index in [4.69, 9.17) is 14.2 Å². The fraction of sp³-hybridized carbons (Fsp3) is 0.650. The van der Waals surface area contributed by atoms with Crippen LogP contribution in [0.15, 0.2) is 24.3 Å². The van der Waals surface area contributed by atoms with Gasteiger partial charge in [0.25, 0.3) is 5.91 Å². The van der Waals surface area contributed by atoms with Crippen molar-refractivity contribution in [2.75, 3.05) is 32.6 Å². The van der Waals surface area contributed by atoms with Gasteiger partial charge in [0, 0.05) is 18.2 Å². The maximum atomic E-state index is 13.0. The van der Waals surface area contributed by atoms with Crippen LogP contribution in [0.1, 0.15) is 37.4 Å². The van der Waals surface area contributed by atoms with Crippen molar-refractivity contribution in [2.45, 2.75) is 50.0 Å². The predicted molar refractivity (Wildman–Crippen MR) is 106 cm³/mol. The van der Waals surface area contributed by atoms with Crippen LogP contribution < -0.4 is 9.46 Å². The third kappa shape index (κ3) is 4.91. The van der Waals surface area contributed by atoms with Crippen LogP contribution in [0, 0.1) is 0 Å². The number of ether oxygens (including phenoxy) is 3. The number of para-hydroxylation sites is 1. The van der Waals surface area contributed by atoms with Crippen molar-refractivity contribution in [1.29, 1.82) is 0 Å². The summed E-state index contributed by atoms with van der Waals surface area (Å²) in [4.78, 5) is 14.7. The normalized spacial score (nSPS) is 30.9. The molecule has 4 aliphatic rings. The topological polar surface area (TPSA) is 94.2 Å². The third-order valence-corrected chi connectivity index (χ3v) is 6.55. The molecule has 1 amide bonds. The van der Waals surface area contributed by atoms with Crippen LogP contribution in [0.4, 0.5) is 0 Å². The number of nitrogens with zero attached hydrogens (tertiary/aromatic N) is 1. The lowest BCUT2D eigenvalue weighted by atomic mass is 9.97. The molecule has 1 aromatic rings. The standard InChI is InChI=1S/C20H28N2O6S/c1-29(24,25)21-16-6-4-10-22-17(16)12-26-14-8-9-19(27-11-14)15-5-2-3-7-18(15)28-13-20(22)23/h2-3,5,7,14,16-17,19,21H,4,6,8-13H2,1H3/t14-,16?,17?,19?/m0/s1. The predicted octanol–water partition coefficient (Wildman–Crippen LogP) is 1.22. The second kappa shape index (κ2) is 8.59. The molecule has 4 heterocycles. The van der Waals surface area contributed by atoms with Gasteiger partial charge in [-0.1, -0.05) is 18.2 Å². The van der Waals surface area contributed by atoms with Gasteiger partial charge in [0.1, 0.15) is 5.75 Å². The Balaban J connectivity index is 1.61. The molecule has 0 radical (unpaired) electrons. The lowest BCUT2D eigenvalue weighted by Crippen LogP contribution is -2.59. The Morgan fingerprint density at radius 1 is 1.10 bits per heavy atom. The van der Waals surface area contributed by atoms with Crippen molar-refractivity contribution in [3.63, 3.8) is 0 Å². The average molecular weight is 425 g/mol. The van der Waals surface area contributed by atoms with Gasteiger partial charge in [0.15, 0.2) is 6.61 Å². The van der Waals surface area contributed by atoms with Gasteiger partial charge in [0.2, 0.25) is 10.0 Å². The molecule has 0 aromatic heterocycles. The maximum Gasteiger partial charge on any atom is 0.260 e. The number of nitrogens with one attached hydrogen (secondary N) is 1. The number of carbonyl (C=O) groups excluding carboxylic acids is 1. The van der Waals surface area contributed by atoms with E-state index in [0.29, 0.717) is 25.3 Å². The van der Waals surface area contributed by atoms with Crippen LogP contribution in [0.2, 0.25) is 0 Å². The first kappa shape index (κ1) is 20.6. The molecule has 1 N–H and O–H groups in total. The van der Waals surface area contributed by atoms with E-state index in [1.54, 1.807) is 4.90 Å². The molecular formula is C20H28N2O6S. The Bertz CT molecular complexity index is 837. The van der Waals surface area contributed by atoms with Crippen LogP contribution in [0.3, 0.4) is 0 Å². The van der Waals surface area contributed by atoms with Gasteiger partial charge < -0.3 is 19.1 Å². The number of piperidine rings is 1. The maximum absolute atomic E-state index is 13.0. The molecule has 9 heteroatoms. The van der Waals surface area contributed by atoms with E-state index in [9.17, 15) is 13.2 Å². The van der Waals surface area contributed by atoms with E-state index in [1.165, 1.54) is 0 Å². The second-order valence-corrected chi connectivity index (χ2v) is 9.75. The van der Waals surface area contributed by atoms with E-state index in [2.05, 4.69) is 4.72 Å². The summed E-state index contributed by atoms with van der Waals surface area (Å²) in [6.07, 6.45) is 4.02. The number of carbonyl (C=O) groups is 1. The van der Waals surface area contributed by atoms with Crippen molar-refractivity contribution < 1.29 is 27.4 Å². The fourth-order valence-corrected chi connectivity index (χ4v) is 5.25. The molecule has 2 bridgehead atoms. The SMILES string of the molecule is CS(=O)(=O)NC1CCCN2C(=O)COc3ccccc3C3CC[C@@H](CO3)OCC12. The number of hydrogen-bond acceptors (Lipinski definition) is 6. The molecule has 0 aliphatic carbocycles. The molecular weight excluding hydrogens is 396 g/mol. The highest BCUT2D eigenvalue weighted by atomic mass is 32.2. The first-order valence-corrected chi connectivity index (χ1v) is 12.0. The number of sulfonamides is 1. The van der Waals surface area contributed by atoms with Crippen LogP contribution in [0.5, 0.6) is 5.75 Å². The lowest BCUT2D eigenvalue weighted by molar-refractivity contribution is -0.142. The van der Waals surface area contributed by atoms with Crippen molar-refractivity contribution in [2.24, 2.45) is 0 Å². The summed E-state index contributed by atoms with van der Waals surface area (Å²) in [5.74, 6) is 0.491. The van der Waals surface area contributed by atoms with Crippen molar-refractivity contribution in [3.05, 3.63) is 29.8 Å². The zero-order chi connectivity index (χ0) is 20.4. The zero-order valence-corrected chi connectivity index (χ0v) is 17.4. The molecule has 3 unspecified atom stereocenters. The van der Waals surface area contributed by atoms with Gasteiger partial charge >= 0.3 is 0 Å². The number of amides is 1. The Morgan fingerprint density at radius 3 is 2.69 bits per heavy atom. The molecule has 0 spiro atoms. The van der Waals surface area contributed by atoms with Crippen LogP contribution in [-0.2, 0) is 24.3 Å². The molecule has 0 saturated carbocycles. The van der Waals surface area contributed by atoms with Gasteiger partial charge in [0.05, 0.1) is 37.7 Å².